The maximum absolute atomic E-state index is 5.18. The van der Waals surface area contributed by atoms with Gasteiger partial charge in [-0.15, -0.1) is 11.3 Å². The van der Waals surface area contributed by atoms with Gasteiger partial charge in [-0.1, -0.05) is 115 Å². The Kier molecular flexibility index (Phi) is 5.64. The second kappa shape index (κ2) is 9.97. The quantitative estimate of drug-likeness (QED) is 0.208. The second-order valence-electron chi connectivity index (χ2n) is 10.9. The lowest BCUT2D eigenvalue weighted by atomic mass is 10.0. The van der Waals surface area contributed by atoms with E-state index in [-0.39, 0.29) is 0 Å². The molecule has 5 heteroatoms. The number of benzene rings is 6. The molecule has 0 bridgehead atoms. The van der Waals surface area contributed by atoms with Gasteiger partial charge in [-0.05, 0) is 41.5 Å². The van der Waals surface area contributed by atoms with E-state index in [9.17, 15) is 0 Å². The van der Waals surface area contributed by atoms with Gasteiger partial charge < -0.3 is 0 Å². The van der Waals surface area contributed by atoms with E-state index in [0.29, 0.717) is 17.6 Å². The van der Waals surface area contributed by atoms with Crippen LogP contribution in [0.15, 0.2) is 146 Å². The molecule has 0 amide bonds. The molecule has 3 aromatic heterocycles. The van der Waals surface area contributed by atoms with Crippen LogP contribution in [0.3, 0.4) is 0 Å². The Morgan fingerprint density at radius 2 is 1.02 bits per heavy atom. The van der Waals surface area contributed by atoms with Crippen molar-refractivity contribution in [3.05, 3.63) is 146 Å². The fourth-order valence-electron chi connectivity index (χ4n) is 6.18. The van der Waals surface area contributed by atoms with Crippen LogP contribution in [-0.4, -0.2) is 19.5 Å². The number of para-hydroxylation sites is 1. The summed E-state index contributed by atoms with van der Waals surface area (Å²) in [5, 5.41) is 4.88. The van der Waals surface area contributed by atoms with Crippen LogP contribution in [0.5, 0.6) is 0 Å². The minimum absolute atomic E-state index is 0.601. The summed E-state index contributed by atoms with van der Waals surface area (Å²) in [4.78, 5) is 15.3. The summed E-state index contributed by atoms with van der Waals surface area (Å²) in [7, 11) is 0. The zero-order valence-electron chi connectivity index (χ0n) is 23.6. The molecule has 0 aliphatic rings. The molecule has 0 fully saturated rings. The first kappa shape index (κ1) is 24.9. The topological polar surface area (TPSA) is 43.6 Å². The van der Waals surface area contributed by atoms with Crippen molar-refractivity contribution in [2.75, 3.05) is 0 Å². The molecule has 4 nitrogen and oxygen atoms in total. The van der Waals surface area contributed by atoms with Crippen molar-refractivity contribution in [2.24, 2.45) is 0 Å². The van der Waals surface area contributed by atoms with Crippen molar-refractivity contribution in [1.82, 2.24) is 19.5 Å². The zero-order valence-corrected chi connectivity index (χ0v) is 24.4. The van der Waals surface area contributed by atoms with E-state index in [0.717, 1.165) is 33.3 Å². The van der Waals surface area contributed by atoms with Gasteiger partial charge in [-0.3, -0.25) is 4.57 Å². The van der Waals surface area contributed by atoms with Crippen molar-refractivity contribution in [3.63, 3.8) is 0 Å². The monoisotopic (exact) mass is 580 g/mol. The summed E-state index contributed by atoms with van der Waals surface area (Å²) in [5.74, 6) is 1.88. The van der Waals surface area contributed by atoms with Crippen molar-refractivity contribution in [3.8, 4) is 39.9 Å². The van der Waals surface area contributed by atoms with E-state index in [1.807, 2.05) is 35.6 Å². The maximum atomic E-state index is 5.18. The lowest BCUT2D eigenvalue weighted by Gasteiger charge is -2.11. The predicted molar refractivity (Wildman–Crippen MR) is 183 cm³/mol. The molecule has 3 heterocycles. The number of hydrogen-bond acceptors (Lipinski definition) is 4. The lowest BCUT2D eigenvalue weighted by molar-refractivity contribution is 0.954. The predicted octanol–water partition coefficient (Wildman–Crippen LogP) is 10.3. The summed E-state index contributed by atoms with van der Waals surface area (Å²) in [6.07, 6.45) is 0. The van der Waals surface area contributed by atoms with E-state index in [1.54, 1.807) is 0 Å². The average molecular weight is 581 g/mol. The van der Waals surface area contributed by atoms with Crippen LogP contribution < -0.4 is 0 Å². The summed E-state index contributed by atoms with van der Waals surface area (Å²) >= 11 is 1.84. The molecule has 0 spiro atoms. The van der Waals surface area contributed by atoms with Crippen LogP contribution >= 0.6 is 11.3 Å². The Balaban J connectivity index is 1.34. The highest BCUT2D eigenvalue weighted by Gasteiger charge is 2.19. The molecule has 0 unspecified atom stereocenters. The third-order valence-electron chi connectivity index (χ3n) is 8.25. The number of fused-ring (bicyclic) bond motifs is 6. The smallest absolute Gasteiger partial charge is 0.238 e. The van der Waals surface area contributed by atoms with Crippen molar-refractivity contribution >= 4 is 53.3 Å². The fraction of sp³-hybridized carbons (Fsp3) is 0. The van der Waals surface area contributed by atoms with Crippen LogP contribution in [0.1, 0.15) is 0 Å². The SMILES string of the molecule is c1ccc(-c2cccc(-c3nc(-c4ccccc4)nc(-n4c5ccccc5c5cc6sc7ccccc7c6cc54)n3)c2)cc1. The zero-order chi connectivity index (χ0) is 29.0. The lowest BCUT2D eigenvalue weighted by Crippen LogP contribution is -2.06. The Bertz CT molecular complexity index is 2490. The Hall–Kier alpha value is -5.65. The van der Waals surface area contributed by atoms with Crippen LogP contribution in [-0.2, 0) is 0 Å². The molecule has 44 heavy (non-hydrogen) atoms. The average Bonchev–Trinajstić information content (AvgIpc) is 3.63. The van der Waals surface area contributed by atoms with E-state index < -0.39 is 0 Å². The Morgan fingerprint density at radius 1 is 0.386 bits per heavy atom. The van der Waals surface area contributed by atoms with Crippen LogP contribution in [0, 0.1) is 0 Å². The van der Waals surface area contributed by atoms with E-state index in [4.69, 9.17) is 15.0 Å². The van der Waals surface area contributed by atoms with Crippen LogP contribution in [0.4, 0.5) is 0 Å². The molecule has 0 aliphatic carbocycles. The molecule has 0 aliphatic heterocycles. The first-order valence-corrected chi connectivity index (χ1v) is 15.4. The van der Waals surface area contributed by atoms with E-state index >= 15 is 0 Å². The van der Waals surface area contributed by atoms with Gasteiger partial charge in [0, 0.05) is 42.1 Å². The molecule has 0 saturated carbocycles. The highest BCUT2D eigenvalue weighted by Crippen LogP contribution is 2.40. The normalized spacial score (nSPS) is 11.6. The second-order valence-corrected chi connectivity index (χ2v) is 12.0. The number of aromatic nitrogens is 4. The fourth-order valence-corrected chi connectivity index (χ4v) is 7.31. The molecule has 0 atom stereocenters. The highest BCUT2D eigenvalue weighted by molar-refractivity contribution is 7.25. The molecule has 9 rings (SSSR count). The number of hydrogen-bond donors (Lipinski definition) is 0. The maximum Gasteiger partial charge on any atom is 0.238 e. The summed E-state index contributed by atoms with van der Waals surface area (Å²) in [6, 6.07) is 50.8. The van der Waals surface area contributed by atoms with Crippen molar-refractivity contribution < 1.29 is 0 Å². The van der Waals surface area contributed by atoms with Gasteiger partial charge in [-0.25, -0.2) is 4.98 Å². The van der Waals surface area contributed by atoms with Gasteiger partial charge in [0.1, 0.15) is 0 Å². The molecule has 0 N–H and O–H groups in total. The molecule has 0 saturated heterocycles. The van der Waals surface area contributed by atoms with Gasteiger partial charge >= 0.3 is 0 Å². The van der Waals surface area contributed by atoms with Gasteiger partial charge in [-0.2, -0.15) is 9.97 Å². The summed E-state index contributed by atoms with van der Waals surface area (Å²) < 4.78 is 4.77. The molecular formula is C39H24N4S. The first-order valence-electron chi connectivity index (χ1n) is 14.6. The highest BCUT2D eigenvalue weighted by atomic mass is 32.1. The largest absolute Gasteiger partial charge is 0.278 e. The van der Waals surface area contributed by atoms with Crippen LogP contribution in [0.2, 0.25) is 0 Å². The number of nitrogens with zero attached hydrogens (tertiary/aromatic N) is 4. The van der Waals surface area contributed by atoms with Gasteiger partial charge in [0.15, 0.2) is 11.6 Å². The minimum atomic E-state index is 0.601. The van der Waals surface area contributed by atoms with Gasteiger partial charge in [0.2, 0.25) is 5.95 Å². The third kappa shape index (κ3) is 4.02. The summed E-state index contributed by atoms with van der Waals surface area (Å²) in [5.41, 5.74) is 6.31. The van der Waals surface area contributed by atoms with Gasteiger partial charge in [0.25, 0.3) is 0 Å². The third-order valence-corrected chi connectivity index (χ3v) is 9.39. The van der Waals surface area contributed by atoms with E-state index in [1.165, 1.54) is 30.9 Å². The molecular weight excluding hydrogens is 557 g/mol. The van der Waals surface area contributed by atoms with Crippen LogP contribution in [0.25, 0.3) is 81.8 Å². The van der Waals surface area contributed by atoms with Gasteiger partial charge in [0.05, 0.1) is 11.0 Å². The van der Waals surface area contributed by atoms with Crippen molar-refractivity contribution in [1.29, 1.82) is 0 Å². The van der Waals surface area contributed by atoms with Crippen molar-refractivity contribution in [2.45, 2.75) is 0 Å². The van der Waals surface area contributed by atoms with E-state index in [2.05, 4.69) is 126 Å². The first-order chi connectivity index (χ1) is 21.8. The summed E-state index contributed by atoms with van der Waals surface area (Å²) in [6.45, 7) is 0. The number of thiophene rings is 1. The Labute approximate surface area is 257 Å². The molecule has 0 radical (unpaired) electrons. The molecule has 9 aromatic rings. The standard InChI is InChI=1S/C39H24N4S/c1-3-12-25(13-4-1)27-16-11-17-28(22-27)38-40-37(26-14-5-2-6-15-26)41-39(42-38)43-33-20-9-7-18-29(33)31-24-36-32(23-34(31)43)30-19-8-10-21-35(30)44-36/h1-24H. The molecule has 6 aromatic carbocycles. The minimum Gasteiger partial charge on any atom is -0.278 e. The Morgan fingerprint density at radius 3 is 1.84 bits per heavy atom. The number of rotatable bonds is 4. The molecule has 206 valence electrons.